The van der Waals surface area contributed by atoms with Crippen molar-refractivity contribution in [3.05, 3.63) is 65.2 Å². The Bertz CT molecular complexity index is 1130. The van der Waals surface area contributed by atoms with Crippen molar-refractivity contribution in [3.63, 3.8) is 0 Å². The van der Waals surface area contributed by atoms with Gasteiger partial charge in [0.15, 0.2) is 0 Å². The molecule has 0 aromatic heterocycles. The van der Waals surface area contributed by atoms with Gasteiger partial charge in [0.05, 0.1) is 36.0 Å². The normalized spacial score (nSPS) is 25.7. The molecule has 1 fully saturated rings. The Kier molecular flexibility index (Phi) is 8.80. The number of nitriles is 1. The maximum absolute atomic E-state index is 13.6. The highest BCUT2D eigenvalue weighted by molar-refractivity contribution is 5.97. The van der Waals surface area contributed by atoms with Crippen LogP contribution in [0.1, 0.15) is 53.1 Å². The molecule has 4 atom stereocenters. The van der Waals surface area contributed by atoms with Crippen molar-refractivity contribution < 1.29 is 23.8 Å². The molecular formula is C29H35N3O5. The first-order valence-electron chi connectivity index (χ1n) is 12.8. The summed E-state index contributed by atoms with van der Waals surface area (Å²) in [5.74, 6) is -0.0346. The van der Waals surface area contributed by atoms with Crippen LogP contribution in [-0.4, -0.2) is 80.8 Å². The Balaban J connectivity index is 1.68. The van der Waals surface area contributed by atoms with Crippen LogP contribution >= 0.6 is 0 Å². The highest BCUT2D eigenvalue weighted by Gasteiger charge is 2.34. The number of fused-ring (bicyclic) bond motifs is 3. The lowest BCUT2D eigenvalue weighted by Gasteiger charge is -2.38. The lowest BCUT2D eigenvalue weighted by molar-refractivity contribution is -0.150. The zero-order valence-corrected chi connectivity index (χ0v) is 21.8. The summed E-state index contributed by atoms with van der Waals surface area (Å²) in [5.41, 5.74) is 1.71. The van der Waals surface area contributed by atoms with Gasteiger partial charge in [-0.1, -0.05) is 30.3 Å². The summed E-state index contributed by atoms with van der Waals surface area (Å²) in [7, 11) is 5.20. The number of likely N-dealkylation sites (N-methyl/N-ethyl adjacent to an activating group) is 2. The lowest BCUT2D eigenvalue weighted by atomic mass is 9.93. The van der Waals surface area contributed by atoms with Gasteiger partial charge in [-0.05, 0) is 36.6 Å². The Morgan fingerprint density at radius 3 is 2.51 bits per heavy atom. The number of hydrogen-bond acceptors (Lipinski definition) is 6. The first-order valence-corrected chi connectivity index (χ1v) is 12.8. The minimum absolute atomic E-state index is 0.0159. The van der Waals surface area contributed by atoms with E-state index in [9.17, 15) is 14.9 Å². The Morgan fingerprint density at radius 1 is 1.00 bits per heavy atom. The van der Waals surface area contributed by atoms with E-state index in [1.165, 1.54) is 0 Å². The molecule has 2 aromatic rings. The third-order valence-corrected chi connectivity index (χ3v) is 7.31. The van der Waals surface area contributed by atoms with E-state index < -0.39 is 0 Å². The Hall–Kier alpha value is -3.41. The van der Waals surface area contributed by atoms with Crippen LogP contribution in [0, 0.1) is 11.3 Å². The molecule has 0 aliphatic carbocycles. The second-order valence-electron chi connectivity index (χ2n) is 9.88. The van der Waals surface area contributed by atoms with Crippen molar-refractivity contribution in [2.75, 3.05) is 40.9 Å². The van der Waals surface area contributed by atoms with E-state index in [0.29, 0.717) is 43.0 Å². The van der Waals surface area contributed by atoms with E-state index in [4.69, 9.17) is 14.2 Å². The van der Waals surface area contributed by atoms with Crippen molar-refractivity contribution in [2.45, 2.75) is 49.9 Å². The lowest BCUT2D eigenvalue weighted by Crippen LogP contribution is -2.48. The highest BCUT2D eigenvalue weighted by Crippen LogP contribution is 2.29. The summed E-state index contributed by atoms with van der Waals surface area (Å²) in [6, 6.07) is 16.8. The fourth-order valence-corrected chi connectivity index (χ4v) is 5.14. The molecule has 8 heteroatoms. The molecule has 1 saturated heterocycles. The van der Waals surface area contributed by atoms with E-state index in [1.54, 1.807) is 49.2 Å². The molecule has 0 spiro atoms. The number of amides is 2. The van der Waals surface area contributed by atoms with Gasteiger partial charge in [-0.2, -0.15) is 5.26 Å². The molecule has 2 aliphatic heterocycles. The average molecular weight is 506 g/mol. The SMILES string of the molecule is CO[C@H]1CC[C@H]2CCOc3ccc(C#N)cc3C(=O)N(C)C[C@H](c3ccccc3)CC(=O)N(C)C[C@@H]1O2. The van der Waals surface area contributed by atoms with Crippen molar-refractivity contribution in [1.29, 1.82) is 5.26 Å². The summed E-state index contributed by atoms with van der Waals surface area (Å²) < 4.78 is 18.1. The fraction of sp³-hybridized carbons (Fsp3) is 0.483. The zero-order valence-electron chi connectivity index (χ0n) is 21.8. The summed E-state index contributed by atoms with van der Waals surface area (Å²) in [6.07, 6.45) is 2.21. The second-order valence-corrected chi connectivity index (χ2v) is 9.88. The van der Waals surface area contributed by atoms with Gasteiger partial charge in [-0.3, -0.25) is 9.59 Å². The van der Waals surface area contributed by atoms with Gasteiger partial charge in [-0.15, -0.1) is 0 Å². The molecule has 0 radical (unpaired) electrons. The number of carbonyl (C=O) groups is 2. The van der Waals surface area contributed by atoms with Crippen LogP contribution < -0.4 is 4.74 Å². The smallest absolute Gasteiger partial charge is 0.257 e. The summed E-state index contributed by atoms with van der Waals surface area (Å²) in [5, 5.41) is 9.43. The van der Waals surface area contributed by atoms with Crippen molar-refractivity contribution in [3.8, 4) is 11.8 Å². The van der Waals surface area contributed by atoms with Crippen LogP contribution in [0.25, 0.3) is 0 Å². The maximum atomic E-state index is 13.6. The van der Waals surface area contributed by atoms with Crippen LogP contribution in [-0.2, 0) is 14.3 Å². The fourth-order valence-electron chi connectivity index (χ4n) is 5.14. The van der Waals surface area contributed by atoms with Gasteiger partial charge in [0.25, 0.3) is 5.91 Å². The molecule has 4 rings (SSSR count). The Labute approximate surface area is 218 Å². The van der Waals surface area contributed by atoms with Crippen LogP contribution in [0.4, 0.5) is 0 Å². The number of methoxy groups -OCH3 is 1. The molecule has 2 aromatic carbocycles. The van der Waals surface area contributed by atoms with Crippen molar-refractivity contribution in [1.82, 2.24) is 9.80 Å². The first kappa shape index (κ1) is 26.6. The third-order valence-electron chi connectivity index (χ3n) is 7.31. The third kappa shape index (κ3) is 6.48. The molecule has 0 saturated carbocycles. The monoisotopic (exact) mass is 505 g/mol. The van der Waals surface area contributed by atoms with Crippen LogP contribution in [0.5, 0.6) is 5.75 Å². The number of carbonyl (C=O) groups excluding carboxylic acids is 2. The predicted molar refractivity (Wildman–Crippen MR) is 138 cm³/mol. The minimum atomic E-state index is -0.252. The molecule has 2 heterocycles. The number of rotatable bonds is 2. The van der Waals surface area contributed by atoms with Crippen molar-refractivity contribution in [2.24, 2.45) is 0 Å². The van der Waals surface area contributed by atoms with E-state index in [1.807, 2.05) is 30.3 Å². The topological polar surface area (TPSA) is 92.1 Å². The molecule has 2 aliphatic rings. The number of benzene rings is 2. The van der Waals surface area contributed by atoms with E-state index in [-0.39, 0.29) is 42.5 Å². The van der Waals surface area contributed by atoms with Gasteiger partial charge < -0.3 is 24.0 Å². The van der Waals surface area contributed by atoms with E-state index in [2.05, 4.69) is 6.07 Å². The predicted octanol–water partition coefficient (Wildman–Crippen LogP) is 3.61. The molecular weight excluding hydrogens is 470 g/mol. The van der Waals surface area contributed by atoms with Gasteiger partial charge >= 0.3 is 0 Å². The Morgan fingerprint density at radius 2 is 1.78 bits per heavy atom. The summed E-state index contributed by atoms with van der Waals surface area (Å²) in [4.78, 5) is 30.3. The second kappa shape index (κ2) is 12.2. The van der Waals surface area contributed by atoms with Gasteiger partial charge in [0, 0.05) is 53.1 Å². The van der Waals surface area contributed by atoms with Gasteiger partial charge in [-0.25, -0.2) is 0 Å². The van der Waals surface area contributed by atoms with E-state index >= 15 is 0 Å². The highest BCUT2D eigenvalue weighted by atomic mass is 16.5. The summed E-state index contributed by atoms with van der Waals surface area (Å²) in [6.45, 7) is 1.14. The molecule has 8 nitrogen and oxygen atoms in total. The van der Waals surface area contributed by atoms with Crippen LogP contribution in [0.15, 0.2) is 48.5 Å². The molecule has 37 heavy (non-hydrogen) atoms. The molecule has 0 unspecified atom stereocenters. The minimum Gasteiger partial charge on any atom is -0.493 e. The molecule has 196 valence electrons. The standard InChI is InChI=1S/C29H35N3O5/c1-31-19-27-26(35-3)12-10-23(37-27)13-14-36-25-11-9-20(17-30)15-24(25)29(34)32(2)18-22(16-28(31)33)21-7-5-4-6-8-21/h4-9,11,15,22-23,26-27H,10,12-14,16,18-19H2,1-3H3/t22-,23+,26+,27+/m1/s1. The zero-order chi connectivity index (χ0) is 26.4. The number of hydrogen-bond donors (Lipinski definition) is 0. The number of ether oxygens (including phenoxy) is 3. The molecule has 2 amide bonds. The van der Waals surface area contributed by atoms with Crippen LogP contribution in [0.2, 0.25) is 0 Å². The largest absolute Gasteiger partial charge is 0.493 e. The molecule has 2 bridgehead atoms. The summed E-state index contributed by atoms with van der Waals surface area (Å²) >= 11 is 0. The molecule has 0 N–H and O–H groups in total. The van der Waals surface area contributed by atoms with Gasteiger partial charge in [0.1, 0.15) is 11.9 Å². The van der Waals surface area contributed by atoms with Crippen molar-refractivity contribution >= 4 is 11.8 Å². The number of nitrogens with zero attached hydrogens (tertiary/aromatic N) is 3. The average Bonchev–Trinajstić information content (AvgIpc) is 2.92. The van der Waals surface area contributed by atoms with Gasteiger partial charge in [0.2, 0.25) is 5.91 Å². The van der Waals surface area contributed by atoms with E-state index in [0.717, 1.165) is 18.4 Å². The first-order chi connectivity index (χ1) is 17.9. The van der Waals surface area contributed by atoms with Crippen LogP contribution in [0.3, 0.4) is 0 Å². The quantitative estimate of drug-likeness (QED) is 0.619. The maximum Gasteiger partial charge on any atom is 0.257 e.